The first kappa shape index (κ1) is 56.8. The summed E-state index contributed by atoms with van der Waals surface area (Å²) in [5, 5.41) is 46.5. The zero-order valence-electron chi connectivity index (χ0n) is 36.2. The Balaban J connectivity index is 1.37. The minimum absolute atomic E-state index is 0.0232. The van der Waals surface area contributed by atoms with Crippen LogP contribution in [0.5, 0.6) is 0 Å². The number of carbonyl (C=O) groups excluding carboxylic acids is 3. The molecule has 30 heteroatoms. The first-order valence-corrected chi connectivity index (χ1v) is 26.3. The van der Waals surface area contributed by atoms with Crippen LogP contribution in [0, 0.1) is 5.41 Å². The molecule has 0 radical (unpaired) electrons. The van der Waals surface area contributed by atoms with E-state index in [1.165, 1.54) is 33.1 Å². The van der Waals surface area contributed by atoms with Crippen molar-refractivity contribution in [3.05, 3.63) is 12.7 Å². The molecular weight excluding hydrogens is 947 g/mol. The number of imidazole rings is 1. The van der Waals surface area contributed by atoms with Crippen LogP contribution in [0.1, 0.15) is 97.6 Å². The minimum Gasteiger partial charge on any atom is -0.393 e. The highest BCUT2D eigenvalue weighted by atomic mass is 32.2. The molecule has 2 amide bonds. The first-order valence-electron chi connectivity index (χ1n) is 20.8. The first-order chi connectivity index (χ1) is 30.3. The van der Waals surface area contributed by atoms with E-state index in [9.17, 15) is 68.1 Å². The number of nitrogens with zero attached hydrogens (tertiary/aromatic N) is 4. The number of nitrogens with one attached hydrogen (secondary N) is 2. The van der Waals surface area contributed by atoms with Crippen LogP contribution in [0.15, 0.2) is 12.7 Å². The number of phosphoric ester groups is 3. The summed E-state index contributed by atoms with van der Waals surface area (Å²) in [7, 11) is -16.5. The average Bonchev–Trinajstić information content (AvgIpc) is 3.78. The maximum Gasteiger partial charge on any atom is 0.481 e. The molecule has 9 unspecified atom stereocenters. The zero-order chi connectivity index (χ0) is 48.6. The van der Waals surface area contributed by atoms with Gasteiger partial charge in [0.2, 0.25) is 11.8 Å². The van der Waals surface area contributed by atoms with E-state index in [0.29, 0.717) is 19.3 Å². The number of nitrogen functional groups attached to an aromatic ring is 1. The Hall–Kier alpha value is -2.52. The van der Waals surface area contributed by atoms with Crippen molar-refractivity contribution >= 4 is 69.1 Å². The second kappa shape index (κ2) is 26.3. The lowest BCUT2D eigenvalue weighted by molar-refractivity contribution is -0.137. The number of aliphatic hydroxyl groups is 4. The van der Waals surface area contributed by atoms with Crippen molar-refractivity contribution in [1.82, 2.24) is 30.2 Å². The lowest BCUT2D eigenvalue weighted by Crippen LogP contribution is -2.46. The van der Waals surface area contributed by atoms with Gasteiger partial charge in [0, 0.05) is 37.1 Å². The Morgan fingerprint density at radius 1 is 0.923 bits per heavy atom. The predicted molar refractivity (Wildman–Crippen MR) is 231 cm³/mol. The molecule has 0 aromatic carbocycles. The molecule has 0 saturated carbocycles. The lowest BCUT2D eigenvalue weighted by Gasteiger charge is -2.30. The highest BCUT2D eigenvalue weighted by Gasteiger charge is 2.50. The largest absolute Gasteiger partial charge is 0.481 e. The number of amides is 2. The van der Waals surface area contributed by atoms with Gasteiger partial charge in [-0.05, 0) is 19.3 Å². The highest BCUT2D eigenvalue weighted by Crippen LogP contribution is 2.61. The molecule has 1 aliphatic heterocycles. The molecule has 65 heavy (non-hydrogen) atoms. The third-order valence-electron chi connectivity index (χ3n) is 9.89. The number of thioether (sulfide) groups is 1. The van der Waals surface area contributed by atoms with Crippen molar-refractivity contribution in [2.24, 2.45) is 5.41 Å². The van der Waals surface area contributed by atoms with Crippen molar-refractivity contribution in [2.75, 3.05) is 37.8 Å². The molecule has 1 saturated heterocycles. The predicted octanol–water partition coefficient (Wildman–Crippen LogP) is 1.31. The molecule has 0 bridgehead atoms. The van der Waals surface area contributed by atoms with Crippen molar-refractivity contribution in [3.63, 3.8) is 0 Å². The second-order valence-corrected chi connectivity index (χ2v) is 21.3. The number of phosphoric acid groups is 3. The van der Waals surface area contributed by atoms with Crippen molar-refractivity contribution in [1.29, 1.82) is 0 Å². The molecule has 9 atom stereocenters. The summed E-state index contributed by atoms with van der Waals surface area (Å²) in [6.07, 6.45) is -0.537. The Morgan fingerprint density at radius 3 is 2.28 bits per heavy atom. The molecule has 26 nitrogen and oxygen atoms in total. The van der Waals surface area contributed by atoms with E-state index in [0.717, 1.165) is 48.2 Å². The Labute approximate surface area is 379 Å². The van der Waals surface area contributed by atoms with Crippen molar-refractivity contribution in [3.8, 4) is 0 Å². The standard InChI is InChI=1S/C35H62N7O19P3S/c1-4-5-6-7-8-9-10-22(43)11-12-23(44)17-26(46)65-16-15-37-25(45)13-14-38-33(49)30(48)35(2,3)19-58-64(55,56)61-63(53,54)57-18-24-29(60-62(50,51)52)28(47)34(59-24)42-21-41-27-31(36)39-20-40-32(27)42/h20-24,28-30,34,43-44,47-48H,4-19H2,1-3H3,(H,37,45)(H,38,49)(H,53,54)(H,55,56)(H2,36,39,40)(H2,50,51,52). The van der Waals surface area contributed by atoms with Gasteiger partial charge in [-0.1, -0.05) is 71.1 Å². The second-order valence-electron chi connectivity index (χ2n) is 15.9. The summed E-state index contributed by atoms with van der Waals surface area (Å²) in [4.78, 5) is 88.2. The topological polar surface area (TPSA) is 404 Å². The fraction of sp³-hybridized carbons (Fsp3) is 0.771. The van der Waals surface area contributed by atoms with Gasteiger partial charge in [-0.25, -0.2) is 28.6 Å². The molecule has 3 rings (SSSR count). The molecule has 1 aliphatic rings. The number of ether oxygens (including phenoxy) is 1. The molecular formula is C35H62N7O19P3S. The molecule has 0 spiro atoms. The van der Waals surface area contributed by atoms with Crippen LogP contribution >= 0.6 is 35.2 Å². The molecule has 1 fully saturated rings. The van der Waals surface area contributed by atoms with Gasteiger partial charge in [0.15, 0.2) is 22.8 Å². The van der Waals surface area contributed by atoms with Crippen molar-refractivity contribution < 1.29 is 90.7 Å². The van der Waals surface area contributed by atoms with Crippen LogP contribution in [0.25, 0.3) is 11.2 Å². The molecule has 3 heterocycles. The third-order valence-corrected chi connectivity index (χ3v) is 13.9. The molecule has 0 aliphatic carbocycles. The summed E-state index contributed by atoms with van der Waals surface area (Å²) in [5.74, 6) is -1.32. The Kier molecular flexibility index (Phi) is 23.0. The number of unbranched alkanes of at least 4 members (excludes halogenated alkanes) is 5. The number of aliphatic hydroxyl groups excluding tert-OH is 4. The van der Waals surface area contributed by atoms with E-state index < -0.39 is 96.8 Å². The number of fused-ring (bicyclic) bond motifs is 1. The number of nitrogens with two attached hydrogens (primary N) is 1. The van der Waals surface area contributed by atoms with E-state index in [-0.39, 0.29) is 53.8 Å². The van der Waals surface area contributed by atoms with Gasteiger partial charge in [0.05, 0.1) is 31.7 Å². The van der Waals surface area contributed by atoms with E-state index >= 15 is 0 Å². The summed E-state index contributed by atoms with van der Waals surface area (Å²) in [6.45, 7) is 2.44. The third kappa shape index (κ3) is 19.9. The maximum absolute atomic E-state index is 12.7. The number of hydrogen-bond donors (Lipinski definition) is 11. The monoisotopic (exact) mass is 1010 g/mol. The summed E-state index contributed by atoms with van der Waals surface area (Å²) >= 11 is 0.934. The average molecular weight is 1010 g/mol. The normalized spacial score (nSPS) is 21.3. The Bertz CT molecular complexity index is 2000. The number of anilines is 1. The van der Waals surface area contributed by atoms with Gasteiger partial charge >= 0.3 is 23.5 Å². The summed E-state index contributed by atoms with van der Waals surface area (Å²) in [5.41, 5.74) is 4.23. The molecule has 372 valence electrons. The number of hydrogen-bond acceptors (Lipinski definition) is 20. The maximum atomic E-state index is 12.7. The molecule has 2 aromatic rings. The number of carbonyl (C=O) groups is 3. The summed E-state index contributed by atoms with van der Waals surface area (Å²) in [6, 6.07) is 0. The van der Waals surface area contributed by atoms with Crippen LogP contribution in [0.2, 0.25) is 0 Å². The van der Waals surface area contributed by atoms with E-state index in [4.69, 9.17) is 19.5 Å². The number of aromatic nitrogens is 4. The minimum atomic E-state index is -5.59. The molecule has 12 N–H and O–H groups in total. The fourth-order valence-electron chi connectivity index (χ4n) is 6.34. The number of rotatable bonds is 31. The zero-order valence-corrected chi connectivity index (χ0v) is 39.7. The van der Waals surface area contributed by atoms with Gasteiger partial charge in [0.25, 0.3) is 0 Å². The van der Waals surface area contributed by atoms with Crippen LogP contribution in [0.4, 0.5) is 5.82 Å². The SMILES string of the molecule is CCCCCCCCC(O)CCC(O)CC(=O)SCCNC(=O)CCNC(=O)C(O)C(C)(C)COP(=O)(O)OP(=O)(O)OCC1OC(n2cnc3c(N)ncnc32)C(O)C1OP(=O)(O)O. The van der Waals surface area contributed by atoms with Gasteiger partial charge in [-0.3, -0.25) is 32.5 Å². The van der Waals surface area contributed by atoms with Gasteiger partial charge in [0.1, 0.15) is 36.3 Å². The van der Waals surface area contributed by atoms with E-state index in [1.807, 2.05) is 0 Å². The smallest absolute Gasteiger partial charge is 0.393 e. The van der Waals surface area contributed by atoms with Crippen LogP contribution in [0.3, 0.4) is 0 Å². The van der Waals surface area contributed by atoms with Crippen LogP contribution in [-0.2, 0) is 50.7 Å². The fourth-order valence-corrected chi connectivity index (χ4v) is 9.91. The van der Waals surface area contributed by atoms with E-state index in [2.05, 4.69) is 41.3 Å². The lowest BCUT2D eigenvalue weighted by atomic mass is 9.87. The van der Waals surface area contributed by atoms with Gasteiger partial charge in [-0.15, -0.1) is 0 Å². The molecule has 2 aromatic heterocycles. The van der Waals surface area contributed by atoms with E-state index in [1.54, 1.807) is 0 Å². The van der Waals surface area contributed by atoms with Gasteiger partial charge < -0.3 is 61.1 Å². The van der Waals surface area contributed by atoms with Crippen molar-refractivity contribution in [2.45, 2.75) is 134 Å². The quantitative estimate of drug-likeness (QED) is 0.0374. The Morgan fingerprint density at radius 2 is 1.58 bits per heavy atom. The summed E-state index contributed by atoms with van der Waals surface area (Å²) < 4.78 is 62.3. The van der Waals surface area contributed by atoms with Crippen LogP contribution < -0.4 is 16.4 Å². The van der Waals surface area contributed by atoms with Crippen LogP contribution in [-0.4, -0.2) is 145 Å². The van der Waals surface area contributed by atoms with Gasteiger partial charge in [-0.2, -0.15) is 4.31 Å². The highest BCUT2D eigenvalue weighted by molar-refractivity contribution is 8.13.